The van der Waals surface area contributed by atoms with Crippen LogP contribution in [0.5, 0.6) is 5.88 Å². The summed E-state index contributed by atoms with van der Waals surface area (Å²) in [5.41, 5.74) is 1.24. The molecule has 0 amide bonds. The van der Waals surface area contributed by atoms with E-state index in [4.69, 9.17) is 4.74 Å². The Morgan fingerprint density at radius 2 is 2.00 bits per heavy atom. The zero-order valence-corrected chi connectivity index (χ0v) is 19.7. The summed E-state index contributed by atoms with van der Waals surface area (Å²) in [4.78, 5) is 16.3. The van der Waals surface area contributed by atoms with Crippen molar-refractivity contribution >= 4 is 28.0 Å². The van der Waals surface area contributed by atoms with Crippen LogP contribution in [-0.4, -0.2) is 54.8 Å². The number of aryl methyl sites for hydroxylation is 1. The lowest BCUT2D eigenvalue weighted by molar-refractivity contribution is 0.0195. The summed E-state index contributed by atoms with van der Waals surface area (Å²) in [6, 6.07) is 3.09. The first-order valence-corrected chi connectivity index (χ1v) is 11.5. The molecule has 0 bridgehead atoms. The molecule has 1 aliphatic carbocycles. The van der Waals surface area contributed by atoms with Gasteiger partial charge < -0.3 is 24.7 Å². The van der Waals surface area contributed by atoms with Gasteiger partial charge in [0.2, 0.25) is 11.8 Å². The molecule has 0 atom stereocenters. The van der Waals surface area contributed by atoms with Crippen LogP contribution in [0, 0.1) is 12.7 Å². The van der Waals surface area contributed by atoms with E-state index in [9.17, 15) is 18.3 Å². The number of benzene rings is 1. The van der Waals surface area contributed by atoms with Gasteiger partial charge in [-0.3, -0.25) is 0 Å². The van der Waals surface area contributed by atoms with Gasteiger partial charge in [-0.15, -0.1) is 0 Å². The zero-order chi connectivity index (χ0) is 24.9. The number of ether oxygens (including phenoxy) is 1. The molecule has 1 aromatic carbocycles. The molecule has 1 aliphatic rings. The monoisotopic (exact) mass is 488 g/mol. The Morgan fingerprint density at radius 1 is 1.26 bits per heavy atom. The first-order chi connectivity index (χ1) is 16.6. The van der Waals surface area contributed by atoms with E-state index < -0.39 is 24.4 Å². The topological polar surface area (TPSA) is 101 Å². The third-order valence-corrected chi connectivity index (χ3v) is 6.72. The van der Waals surface area contributed by atoms with Gasteiger partial charge in [-0.05, 0) is 57.2 Å². The van der Waals surface area contributed by atoms with Gasteiger partial charge in [0, 0.05) is 17.8 Å². The van der Waals surface area contributed by atoms with Crippen LogP contribution in [0.3, 0.4) is 0 Å². The van der Waals surface area contributed by atoms with Crippen molar-refractivity contribution in [3.8, 4) is 17.0 Å². The molecule has 3 aromatic heterocycles. The van der Waals surface area contributed by atoms with Gasteiger partial charge >= 0.3 is 0 Å². The smallest absolute Gasteiger partial charge is 0.256 e. The quantitative estimate of drug-likeness (QED) is 0.360. The van der Waals surface area contributed by atoms with Crippen molar-refractivity contribution in [1.82, 2.24) is 24.5 Å². The van der Waals surface area contributed by atoms with Gasteiger partial charge in [0.05, 0.1) is 30.2 Å². The van der Waals surface area contributed by atoms with Crippen LogP contribution in [0.1, 0.15) is 38.4 Å². The molecule has 1 saturated carbocycles. The maximum atomic E-state index is 15.0. The summed E-state index contributed by atoms with van der Waals surface area (Å²) >= 11 is 0. The first kappa shape index (κ1) is 23.4. The lowest BCUT2D eigenvalue weighted by Gasteiger charge is -2.33. The van der Waals surface area contributed by atoms with Gasteiger partial charge in [-0.25, -0.2) is 18.2 Å². The molecule has 11 heteroatoms. The maximum absolute atomic E-state index is 15.0. The van der Waals surface area contributed by atoms with Crippen LogP contribution < -0.4 is 10.1 Å². The fourth-order valence-corrected chi connectivity index (χ4v) is 4.83. The summed E-state index contributed by atoms with van der Waals surface area (Å²) in [6.45, 7) is 2.85. The minimum Gasteiger partial charge on any atom is -0.480 e. The molecule has 0 spiro atoms. The molecule has 0 unspecified atom stereocenters. The molecule has 0 aliphatic heterocycles. The molecule has 0 radical (unpaired) electrons. The molecule has 5 rings (SSSR count). The molecular formula is C24H27F3N6O2. The Morgan fingerprint density at radius 3 is 2.69 bits per heavy atom. The van der Waals surface area contributed by atoms with Gasteiger partial charge in [-0.2, -0.15) is 9.97 Å². The van der Waals surface area contributed by atoms with Crippen molar-refractivity contribution in [3.05, 3.63) is 30.0 Å². The summed E-state index contributed by atoms with van der Waals surface area (Å²) in [7, 11) is 1.49. The second-order valence-electron chi connectivity index (χ2n) is 9.38. The maximum Gasteiger partial charge on any atom is 0.256 e. The highest BCUT2D eigenvalue weighted by Gasteiger charge is 2.29. The summed E-state index contributed by atoms with van der Waals surface area (Å²) in [5.74, 6) is 0.404. The van der Waals surface area contributed by atoms with Crippen LogP contribution in [-0.2, 0) is 6.54 Å². The number of aromatic amines is 1. The molecule has 3 N–H and O–H groups in total. The minimum absolute atomic E-state index is 0.0490. The van der Waals surface area contributed by atoms with Crippen LogP contribution in [0.25, 0.3) is 33.2 Å². The fourth-order valence-electron chi connectivity index (χ4n) is 4.83. The highest BCUT2D eigenvalue weighted by molar-refractivity contribution is 5.99. The van der Waals surface area contributed by atoms with E-state index in [-0.39, 0.29) is 11.6 Å². The largest absolute Gasteiger partial charge is 0.480 e. The van der Waals surface area contributed by atoms with Crippen LogP contribution in [0.2, 0.25) is 0 Å². The fraction of sp³-hybridized carbons (Fsp3) is 0.458. The van der Waals surface area contributed by atoms with E-state index in [1.807, 2.05) is 6.92 Å². The number of anilines is 1. The average Bonchev–Trinajstić information content (AvgIpc) is 3.36. The number of aliphatic hydroxyl groups is 1. The molecular weight excluding hydrogens is 461 g/mol. The third kappa shape index (κ3) is 4.40. The van der Waals surface area contributed by atoms with E-state index in [1.165, 1.54) is 17.7 Å². The number of nitrogens with one attached hydrogen (secondary N) is 2. The van der Waals surface area contributed by atoms with Crippen molar-refractivity contribution < 1.29 is 23.0 Å². The summed E-state index contributed by atoms with van der Waals surface area (Å²) < 4.78 is 48.1. The van der Waals surface area contributed by atoms with Gasteiger partial charge in [0.25, 0.3) is 6.43 Å². The first-order valence-electron chi connectivity index (χ1n) is 11.5. The molecule has 8 nitrogen and oxygen atoms in total. The van der Waals surface area contributed by atoms with Crippen LogP contribution in [0.15, 0.2) is 18.3 Å². The number of hydrogen-bond acceptors (Lipinski definition) is 6. The minimum atomic E-state index is -2.60. The Kier molecular flexibility index (Phi) is 5.82. The van der Waals surface area contributed by atoms with E-state index in [0.29, 0.717) is 58.2 Å². The molecule has 186 valence electrons. The second-order valence-corrected chi connectivity index (χ2v) is 9.38. The standard InChI is InChI=1S/C24H27F3N6O2/c1-12-29-20-16(25)8-13(9-17(20)33(12)11-18(26)27)15-10-28-21-19(15)22(35-3)32-23(31-21)30-14-4-6-24(2,34)7-5-14/h8-10,14,18,34H,4-7,11H2,1-3H3,(H2,28,30,31,32)/t14-,24+. The SMILES string of the molecule is COc1nc(N[C@H]2CC[C@@](C)(O)CC2)nc2[nH]cc(-c3cc(F)c4nc(C)n(CC(F)F)c4c3)c12. The van der Waals surface area contributed by atoms with Crippen LogP contribution >= 0.6 is 0 Å². The average molecular weight is 489 g/mol. The van der Waals surface area contributed by atoms with E-state index >= 15 is 0 Å². The lowest BCUT2D eigenvalue weighted by atomic mass is 9.84. The van der Waals surface area contributed by atoms with Gasteiger partial charge in [0.15, 0.2) is 5.82 Å². The number of imidazole rings is 1. The molecule has 4 aromatic rings. The van der Waals surface area contributed by atoms with Crippen LogP contribution in [0.4, 0.5) is 19.1 Å². The normalized spacial score (nSPS) is 20.7. The van der Waals surface area contributed by atoms with Crippen molar-refractivity contribution in [2.24, 2.45) is 0 Å². The van der Waals surface area contributed by atoms with Crippen molar-refractivity contribution in [2.45, 2.75) is 64.1 Å². The van der Waals surface area contributed by atoms with Gasteiger partial charge in [-0.1, -0.05) is 0 Å². The number of aromatic nitrogens is 5. The Hall–Kier alpha value is -3.34. The Labute approximate surface area is 199 Å². The number of methoxy groups -OCH3 is 1. The van der Waals surface area contributed by atoms with E-state index in [1.54, 1.807) is 19.2 Å². The number of fused-ring (bicyclic) bond motifs is 2. The number of rotatable bonds is 6. The third-order valence-electron chi connectivity index (χ3n) is 6.72. The predicted octanol–water partition coefficient (Wildman–Crippen LogP) is 4.80. The molecule has 0 saturated heterocycles. The molecule has 1 fully saturated rings. The number of hydrogen-bond donors (Lipinski definition) is 3. The highest BCUT2D eigenvalue weighted by atomic mass is 19.3. The second kappa shape index (κ2) is 8.71. The molecule has 35 heavy (non-hydrogen) atoms. The van der Waals surface area contributed by atoms with Crippen molar-refractivity contribution in [2.75, 3.05) is 12.4 Å². The predicted molar refractivity (Wildman–Crippen MR) is 126 cm³/mol. The number of halogens is 3. The highest BCUT2D eigenvalue weighted by Crippen LogP contribution is 2.37. The number of alkyl halides is 2. The Bertz CT molecular complexity index is 1390. The van der Waals surface area contributed by atoms with Gasteiger partial charge in [0.1, 0.15) is 17.0 Å². The Balaban J connectivity index is 1.54. The van der Waals surface area contributed by atoms with Crippen molar-refractivity contribution in [1.29, 1.82) is 0 Å². The number of nitrogens with zero attached hydrogens (tertiary/aromatic N) is 4. The zero-order valence-electron chi connectivity index (χ0n) is 19.7. The summed E-state index contributed by atoms with van der Waals surface area (Å²) in [5, 5.41) is 14.1. The van der Waals surface area contributed by atoms with E-state index in [2.05, 4.69) is 25.3 Å². The molecule has 3 heterocycles. The van der Waals surface area contributed by atoms with E-state index in [0.717, 1.165) is 12.8 Å². The number of H-pyrrole nitrogens is 1. The lowest BCUT2D eigenvalue weighted by Crippen LogP contribution is -2.36. The van der Waals surface area contributed by atoms with Crippen molar-refractivity contribution in [3.63, 3.8) is 0 Å². The summed E-state index contributed by atoms with van der Waals surface area (Å²) in [6.07, 6.45) is 2.03.